The van der Waals surface area contributed by atoms with E-state index in [2.05, 4.69) is 10.3 Å². The van der Waals surface area contributed by atoms with Crippen LogP contribution in [0.15, 0.2) is 79.1 Å². The fraction of sp³-hybridized carbons (Fsp3) is 0.208. The number of anilines is 1. The smallest absolute Gasteiger partial charge is 0.260 e. The number of benzene rings is 2. The first kappa shape index (κ1) is 20.3. The SMILES string of the molecule is CCC(C)NC(=O)c1cncc(C(=O)N(Cc2ccccc2)c2ccccc2)c1. The number of aromatic nitrogens is 1. The summed E-state index contributed by atoms with van der Waals surface area (Å²) < 4.78 is 0. The summed E-state index contributed by atoms with van der Waals surface area (Å²) in [6.45, 7) is 4.37. The first-order valence-corrected chi connectivity index (χ1v) is 9.75. The number of carbonyl (C=O) groups excluding carboxylic acids is 2. The van der Waals surface area contributed by atoms with Gasteiger partial charge in [0, 0.05) is 24.1 Å². The van der Waals surface area contributed by atoms with Gasteiger partial charge in [0.05, 0.1) is 17.7 Å². The topological polar surface area (TPSA) is 62.3 Å². The second-order valence-corrected chi connectivity index (χ2v) is 6.96. The van der Waals surface area contributed by atoms with E-state index in [1.807, 2.05) is 74.5 Å². The van der Waals surface area contributed by atoms with Crippen molar-refractivity contribution in [1.29, 1.82) is 0 Å². The third-order valence-corrected chi connectivity index (χ3v) is 4.73. The molecular weight excluding hydrogens is 362 g/mol. The van der Waals surface area contributed by atoms with E-state index >= 15 is 0 Å². The molecule has 0 bridgehead atoms. The maximum Gasteiger partial charge on any atom is 0.260 e. The highest BCUT2D eigenvalue weighted by molar-refractivity contribution is 6.07. The van der Waals surface area contributed by atoms with Crippen LogP contribution >= 0.6 is 0 Å². The van der Waals surface area contributed by atoms with Gasteiger partial charge in [-0.15, -0.1) is 0 Å². The molecule has 5 heteroatoms. The van der Waals surface area contributed by atoms with Crippen LogP contribution in [0.3, 0.4) is 0 Å². The summed E-state index contributed by atoms with van der Waals surface area (Å²) in [5, 5.41) is 2.91. The van der Waals surface area contributed by atoms with Gasteiger partial charge in [0.25, 0.3) is 11.8 Å². The second-order valence-electron chi connectivity index (χ2n) is 6.96. The molecule has 0 fully saturated rings. The van der Waals surface area contributed by atoms with Crippen molar-refractivity contribution in [3.8, 4) is 0 Å². The van der Waals surface area contributed by atoms with Gasteiger partial charge in [0.1, 0.15) is 0 Å². The van der Waals surface area contributed by atoms with E-state index in [4.69, 9.17) is 0 Å². The number of rotatable bonds is 7. The van der Waals surface area contributed by atoms with Gasteiger partial charge in [-0.05, 0) is 37.1 Å². The minimum Gasteiger partial charge on any atom is -0.350 e. The van der Waals surface area contributed by atoms with Gasteiger partial charge in [-0.3, -0.25) is 14.6 Å². The van der Waals surface area contributed by atoms with Crippen molar-refractivity contribution in [3.05, 3.63) is 95.8 Å². The largest absolute Gasteiger partial charge is 0.350 e. The van der Waals surface area contributed by atoms with Crippen LogP contribution in [0, 0.1) is 0 Å². The van der Waals surface area contributed by atoms with Crippen molar-refractivity contribution >= 4 is 17.5 Å². The minimum atomic E-state index is -0.226. The average molecular weight is 387 g/mol. The first-order valence-electron chi connectivity index (χ1n) is 9.75. The molecule has 2 amide bonds. The van der Waals surface area contributed by atoms with Crippen LogP contribution < -0.4 is 10.2 Å². The van der Waals surface area contributed by atoms with Crippen LogP contribution in [0.1, 0.15) is 46.5 Å². The quantitative estimate of drug-likeness (QED) is 0.651. The number of pyridine rings is 1. The average Bonchev–Trinajstić information content (AvgIpc) is 2.78. The zero-order valence-corrected chi connectivity index (χ0v) is 16.7. The standard InChI is InChI=1S/C24H25N3O2/c1-3-18(2)26-23(28)20-14-21(16-25-15-20)24(29)27(22-12-8-5-9-13-22)17-19-10-6-4-7-11-19/h4-16,18H,3,17H2,1-2H3,(H,26,28). The molecule has 1 unspecified atom stereocenters. The zero-order chi connectivity index (χ0) is 20.6. The minimum absolute atomic E-state index is 0.0563. The van der Waals surface area contributed by atoms with E-state index < -0.39 is 0 Å². The van der Waals surface area contributed by atoms with Crippen LogP contribution in [-0.4, -0.2) is 22.8 Å². The lowest BCUT2D eigenvalue weighted by molar-refractivity contribution is 0.0939. The molecule has 0 aliphatic heterocycles. The number of para-hydroxylation sites is 1. The summed E-state index contributed by atoms with van der Waals surface area (Å²) in [5.74, 6) is -0.429. The van der Waals surface area contributed by atoms with Gasteiger partial charge < -0.3 is 10.2 Å². The van der Waals surface area contributed by atoms with E-state index in [1.165, 1.54) is 12.4 Å². The zero-order valence-electron chi connectivity index (χ0n) is 16.7. The molecule has 1 heterocycles. The number of nitrogens with zero attached hydrogens (tertiary/aromatic N) is 2. The van der Waals surface area contributed by atoms with Crippen molar-refractivity contribution in [1.82, 2.24) is 10.3 Å². The third kappa shape index (κ3) is 5.29. The summed E-state index contributed by atoms with van der Waals surface area (Å²) in [7, 11) is 0. The van der Waals surface area contributed by atoms with Gasteiger partial charge in [-0.2, -0.15) is 0 Å². The Balaban J connectivity index is 1.90. The van der Waals surface area contributed by atoms with E-state index in [0.717, 1.165) is 17.7 Å². The number of amides is 2. The molecule has 0 saturated carbocycles. The molecule has 0 aliphatic carbocycles. The predicted molar refractivity (Wildman–Crippen MR) is 115 cm³/mol. The Kier molecular flexibility index (Phi) is 6.74. The van der Waals surface area contributed by atoms with Crippen molar-refractivity contribution < 1.29 is 9.59 Å². The van der Waals surface area contributed by atoms with Crippen molar-refractivity contribution in [2.24, 2.45) is 0 Å². The summed E-state index contributed by atoms with van der Waals surface area (Å²) in [5.41, 5.74) is 2.56. The molecular formula is C24H25N3O2. The third-order valence-electron chi connectivity index (χ3n) is 4.73. The fourth-order valence-corrected chi connectivity index (χ4v) is 2.90. The van der Waals surface area contributed by atoms with E-state index in [-0.39, 0.29) is 17.9 Å². The first-order chi connectivity index (χ1) is 14.1. The predicted octanol–water partition coefficient (Wildman–Crippen LogP) is 4.46. The van der Waals surface area contributed by atoms with Crippen LogP contribution in [0.4, 0.5) is 5.69 Å². The lowest BCUT2D eigenvalue weighted by Gasteiger charge is -2.23. The summed E-state index contributed by atoms with van der Waals surface area (Å²) >= 11 is 0. The number of carbonyl (C=O) groups is 2. The number of hydrogen-bond acceptors (Lipinski definition) is 3. The van der Waals surface area contributed by atoms with Gasteiger partial charge in [0.15, 0.2) is 0 Å². The molecule has 3 aromatic rings. The Bertz CT molecular complexity index is 958. The Labute approximate surface area is 171 Å². The van der Waals surface area contributed by atoms with Gasteiger partial charge in [-0.25, -0.2) is 0 Å². The molecule has 0 aliphatic rings. The molecule has 3 rings (SSSR count). The summed E-state index contributed by atoms with van der Waals surface area (Å²) in [4.78, 5) is 31.6. The molecule has 2 aromatic carbocycles. The molecule has 1 atom stereocenters. The lowest BCUT2D eigenvalue weighted by Crippen LogP contribution is -2.33. The van der Waals surface area contributed by atoms with Crippen LogP contribution in [0.5, 0.6) is 0 Å². The second kappa shape index (κ2) is 9.64. The molecule has 1 aromatic heterocycles. The maximum atomic E-state index is 13.4. The molecule has 0 spiro atoms. The van der Waals surface area contributed by atoms with E-state index in [1.54, 1.807) is 11.0 Å². The van der Waals surface area contributed by atoms with Gasteiger partial charge in [-0.1, -0.05) is 55.5 Å². The highest BCUT2D eigenvalue weighted by Crippen LogP contribution is 2.20. The normalized spacial score (nSPS) is 11.5. The number of nitrogens with one attached hydrogen (secondary N) is 1. The molecule has 5 nitrogen and oxygen atoms in total. The van der Waals surface area contributed by atoms with Crippen LogP contribution in [-0.2, 0) is 6.54 Å². The van der Waals surface area contributed by atoms with Crippen molar-refractivity contribution in [2.45, 2.75) is 32.9 Å². The monoisotopic (exact) mass is 387 g/mol. The highest BCUT2D eigenvalue weighted by atomic mass is 16.2. The van der Waals surface area contributed by atoms with Crippen molar-refractivity contribution in [3.63, 3.8) is 0 Å². The van der Waals surface area contributed by atoms with Crippen LogP contribution in [0.2, 0.25) is 0 Å². The fourth-order valence-electron chi connectivity index (χ4n) is 2.90. The Hall–Kier alpha value is -3.47. The summed E-state index contributed by atoms with van der Waals surface area (Å²) in [6.07, 6.45) is 3.82. The van der Waals surface area contributed by atoms with E-state index in [9.17, 15) is 9.59 Å². The van der Waals surface area contributed by atoms with Crippen molar-refractivity contribution in [2.75, 3.05) is 4.90 Å². The Morgan fingerprint density at radius 3 is 2.24 bits per heavy atom. The van der Waals surface area contributed by atoms with Gasteiger partial charge in [0.2, 0.25) is 0 Å². The summed E-state index contributed by atoms with van der Waals surface area (Å²) in [6, 6.07) is 21.0. The molecule has 148 valence electrons. The Morgan fingerprint density at radius 2 is 1.59 bits per heavy atom. The molecule has 0 radical (unpaired) electrons. The number of hydrogen-bond donors (Lipinski definition) is 1. The van der Waals surface area contributed by atoms with E-state index in [0.29, 0.717) is 17.7 Å². The Morgan fingerprint density at radius 1 is 0.966 bits per heavy atom. The molecule has 29 heavy (non-hydrogen) atoms. The van der Waals surface area contributed by atoms with Crippen LogP contribution in [0.25, 0.3) is 0 Å². The molecule has 0 saturated heterocycles. The molecule has 1 N–H and O–H groups in total. The maximum absolute atomic E-state index is 13.4. The lowest BCUT2D eigenvalue weighted by atomic mass is 10.1. The highest BCUT2D eigenvalue weighted by Gasteiger charge is 2.20. The van der Waals surface area contributed by atoms with Gasteiger partial charge >= 0.3 is 0 Å².